The number of hydrogen-bond donors (Lipinski definition) is 0. The van der Waals surface area contributed by atoms with E-state index in [4.69, 9.17) is 11.6 Å². The first-order valence-corrected chi connectivity index (χ1v) is 5.19. The highest BCUT2D eigenvalue weighted by atomic mass is 35.5. The Morgan fingerprint density at radius 3 is 2.38 bits per heavy atom. The van der Waals surface area contributed by atoms with Crippen molar-refractivity contribution in [2.75, 3.05) is 7.11 Å². The van der Waals surface area contributed by atoms with Crippen molar-refractivity contribution in [3.63, 3.8) is 0 Å². The lowest BCUT2D eigenvalue weighted by Gasteiger charge is -1.93. The second-order valence-electron chi connectivity index (χ2n) is 2.04. The summed E-state index contributed by atoms with van der Waals surface area (Å²) >= 11 is 7.11. The number of carbonyl (C=O) groups excluding carboxylic acids is 1. The number of aryl methyl sites for hydroxylation is 1. The van der Waals surface area contributed by atoms with E-state index in [1.807, 2.05) is 20.8 Å². The Labute approximate surface area is 87.5 Å². The summed E-state index contributed by atoms with van der Waals surface area (Å²) in [6.07, 6.45) is 0. The highest BCUT2D eigenvalue weighted by molar-refractivity contribution is 7.16. The van der Waals surface area contributed by atoms with Crippen LogP contribution in [0.4, 0.5) is 0 Å². The molecule has 0 amide bonds. The molecule has 0 aromatic carbocycles. The summed E-state index contributed by atoms with van der Waals surface area (Å²) in [5, 5.41) is 0. The fourth-order valence-corrected chi connectivity index (χ4v) is 1.94. The predicted molar refractivity (Wildman–Crippen MR) is 56.8 cm³/mol. The van der Waals surface area contributed by atoms with Crippen molar-refractivity contribution in [1.29, 1.82) is 0 Å². The molecule has 0 aliphatic rings. The second kappa shape index (κ2) is 6.00. The van der Waals surface area contributed by atoms with Gasteiger partial charge in [0.05, 0.1) is 12.7 Å². The summed E-state index contributed by atoms with van der Waals surface area (Å²) in [6.45, 7) is 5.89. The Morgan fingerprint density at radius 1 is 1.54 bits per heavy atom. The number of methoxy groups -OCH3 is 1. The number of rotatable bonds is 1. The Morgan fingerprint density at radius 2 is 2.08 bits per heavy atom. The Balaban J connectivity index is 0.000000671. The van der Waals surface area contributed by atoms with Gasteiger partial charge >= 0.3 is 5.97 Å². The minimum Gasteiger partial charge on any atom is -0.465 e. The first-order valence-electron chi connectivity index (χ1n) is 3.99. The summed E-state index contributed by atoms with van der Waals surface area (Å²) in [5.41, 5.74) is 0.455. The zero-order valence-corrected chi connectivity index (χ0v) is 9.75. The van der Waals surface area contributed by atoms with Crippen LogP contribution >= 0.6 is 22.9 Å². The van der Waals surface area contributed by atoms with Gasteiger partial charge in [0.15, 0.2) is 0 Å². The SMILES string of the molecule is CC.COC(=O)c1cc(C)sc1Cl. The molecule has 1 aromatic heterocycles. The van der Waals surface area contributed by atoms with Crippen LogP contribution < -0.4 is 0 Å². The molecule has 0 spiro atoms. The third-order valence-electron chi connectivity index (χ3n) is 1.22. The Bertz CT molecular complexity index is 281. The molecule has 13 heavy (non-hydrogen) atoms. The quantitative estimate of drug-likeness (QED) is 0.677. The minimum atomic E-state index is -0.376. The maximum Gasteiger partial charge on any atom is 0.340 e. The van der Waals surface area contributed by atoms with E-state index in [0.29, 0.717) is 9.90 Å². The number of carbonyl (C=O) groups is 1. The molecule has 0 atom stereocenters. The monoisotopic (exact) mass is 220 g/mol. The van der Waals surface area contributed by atoms with Gasteiger partial charge in [-0.2, -0.15) is 0 Å². The second-order valence-corrected chi connectivity index (χ2v) is 3.89. The molecule has 0 aliphatic carbocycles. The molecule has 0 aliphatic heterocycles. The number of thiophene rings is 1. The van der Waals surface area contributed by atoms with Crippen molar-refractivity contribution < 1.29 is 9.53 Å². The van der Waals surface area contributed by atoms with E-state index in [1.54, 1.807) is 6.07 Å². The molecule has 0 unspecified atom stereocenters. The van der Waals surface area contributed by atoms with Crippen LogP contribution in [0.3, 0.4) is 0 Å². The lowest BCUT2D eigenvalue weighted by molar-refractivity contribution is 0.0601. The fourth-order valence-electron chi connectivity index (χ4n) is 0.735. The van der Waals surface area contributed by atoms with Gasteiger partial charge in [0, 0.05) is 4.88 Å². The van der Waals surface area contributed by atoms with Crippen molar-refractivity contribution in [2.45, 2.75) is 20.8 Å². The molecule has 0 N–H and O–H groups in total. The standard InChI is InChI=1S/C7H7ClO2S.C2H6/c1-4-3-5(6(8)11-4)7(9)10-2;1-2/h3H,1-2H3;1-2H3. The number of esters is 1. The van der Waals surface area contributed by atoms with Crippen molar-refractivity contribution in [2.24, 2.45) is 0 Å². The third-order valence-corrected chi connectivity index (χ3v) is 2.49. The molecule has 0 saturated carbocycles. The maximum atomic E-state index is 10.9. The third kappa shape index (κ3) is 3.36. The van der Waals surface area contributed by atoms with E-state index >= 15 is 0 Å². The average molecular weight is 221 g/mol. The van der Waals surface area contributed by atoms with Crippen LogP contribution in [0.5, 0.6) is 0 Å². The molecule has 0 bridgehead atoms. The fraction of sp³-hybridized carbons (Fsp3) is 0.444. The van der Waals surface area contributed by atoms with Crippen molar-refractivity contribution >= 4 is 28.9 Å². The zero-order valence-electron chi connectivity index (χ0n) is 8.18. The van der Waals surface area contributed by atoms with Crippen molar-refractivity contribution in [3.05, 3.63) is 20.8 Å². The summed E-state index contributed by atoms with van der Waals surface area (Å²) in [5.74, 6) is -0.376. The molecular weight excluding hydrogens is 208 g/mol. The lowest BCUT2D eigenvalue weighted by Crippen LogP contribution is -1.99. The minimum absolute atomic E-state index is 0.376. The van der Waals surface area contributed by atoms with Gasteiger partial charge in [-0.05, 0) is 13.0 Å². The largest absolute Gasteiger partial charge is 0.465 e. The van der Waals surface area contributed by atoms with E-state index < -0.39 is 0 Å². The maximum absolute atomic E-state index is 10.9. The Hall–Kier alpha value is -0.540. The Kier molecular flexibility index (Phi) is 5.75. The van der Waals surface area contributed by atoms with Gasteiger partial charge in [-0.3, -0.25) is 0 Å². The molecule has 2 nitrogen and oxygen atoms in total. The predicted octanol–water partition coefficient (Wildman–Crippen LogP) is 3.52. The summed E-state index contributed by atoms with van der Waals surface area (Å²) in [7, 11) is 1.34. The first-order chi connectivity index (χ1) is 6.15. The van der Waals surface area contributed by atoms with Gasteiger partial charge in [0.2, 0.25) is 0 Å². The molecule has 74 valence electrons. The molecule has 0 saturated heterocycles. The molecular formula is C9H13ClO2S. The smallest absolute Gasteiger partial charge is 0.340 e. The van der Waals surface area contributed by atoms with E-state index in [2.05, 4.69) is 4.74 Å². The van der Waals surface area contributed by atoms with Crippen molar-refractivity contribution in [1.82, 2.24) is 0 Å². The van der Waals surface area contributed by atoms with Crippen LogP contribution in [0, 0.1) is 6.92 Å². The normalized spacial score (nSPS) is 8.69. The summed E-state index contributed by atoms with van der Waals surface area (Å²) < 4.78 is 5.01. The average Bonchev–Trinajstić information content (AvgIpc) is 2.47. The molecule has 0 fully saturated rings. The summed E-state index contributed by atoms with van der Waals surface area (Å²) in [4.78, 5) is 12.0. The molecule has 1 heterocycles. The summed E-state index contributed by atoms with van der Waals surface area (Å²) in [6, 6.07) is 1.72. The van der Waals surface area contributed by atoms with Gasteiger partial charge in [-0.15, -0.1) is 11.3 Å². The van der Waals surface area contributed by atoms with Crippen LogP contribution in [-0.4, -0.2) is 13.1 Å². The van der Waals surface area contributed by atoms with Crippen LogP contribution in [-0.2, 0) is 4.74 Å². The lowest BCUT2D eigenvalue weighted by atomic mass is 10.3. The van der Waals surface area contributed by atoms with Gasteiger partial charge in [-0.25, -0.2) is 4.79 Å². The van der Waals surface area contributed by atoms with Crippen LogP contribution in [0.25, 0.3) is 0 Å². The molecule has 1 rings (SSSR count). The molecule has 0 radical (unpaired) electrons. The zero-order chi connectivity index (χ0) is 10.4. The van der Waals surface area contributed by atoms with E-state index in [1.165, 1.54) is 18.4 Å². The number of ether oxygens (including phenoxy) is 1. The van der Waals surface area contributed by atoms with E-state index in [9.17, 15) is 4.79 Å². The van der Waals surface area contributed by atoms with Gasteiger partial charge in [0.25, 0.3) is 0 Å². The molecule has 4 heteroatoms. The highest BCUT2D eigenvalue weighted by Gasteiger charge is 2.12. The van der Waals surface area contributed by atoms with Crippen LogP contribution in [0.1, 0.15) is 29.1 Å². The highest BCUT2D eigenvalue weighted by Crippen LogP contribution is 2.27. The van der Waals surface area contributed by atoms with Gasteiger partial charge in [-0.1, -0.05) is 25.4 Å². The van der Waals surface area contributed by atoms with Gasteiger partial charge in [0.1, 0.15) is 4.34 Å². The van der Waals surface area contributed by atoms with Crippen LogP contribution in [0.15, 0.2) is 6.07 Å². The topological polar surface area (TPSA) is 26.3 Å². The van der Waals surface area contributed by atoms with E-state index in [-0.39, 0.29) is 5.97 Å². The number of halogens is 1. The van der Waals surface area contributed by atoms with Gasteiger partial charge < -0.3 is 4.74 Å². The number of hydrogen-bond acceptors (Lipinski definition) is 3. The molecule has 1 aromatic rings. The van der Waals surface area contributed by atoms with E-state index in [0.717, 1.165) is 4.88 Å². The van der Waals surface area contributed by atoms with Crippen molar-refractivity contribution in [3.8, 4) is 0 Å². The van der Waals surface area contributed by atoms with Crippen LogP contribution in [0.2, 0.25) is 4.34 Å². The first kappa shape index (κ1) is 12.5.